The van der Waals surface area contributed by atoms with Crippen molar-refractivity contribution in [1.29, 1.82) is 0 Å². The molecule has 2 heterocycles. The first kappa shape index (κ1) is 9.48. The fourth-order valence-corrected chi connectivity index (χ4v) is 1.33. The Kier molecular flexibility index (Phi) is 3.00. The van der Waals surface area contributed by atoms with Crippen molar-refractivity contribution in [1.82, 2.24) is 4.98 Å². The Morgan fingerprint density at radius 3 is 3.21 bits per heavy atom. The van der Waals surface area contributed by atoms with Gasteiger partial charge in [0, 0.05) is 12.5 Å². The van der Waals surface area contributed by atoms with E-state index < -0.39 is 0 Å². The Labute approximate surface area is 81.7 Å². The van der Waals surface area contributed by atoms with E-state index in [1.54, 1.807) is 0 Å². The van der Waals surface area contributed by atoms with Crippen molar-refractivity contribution in [2.45, 2.75) is 13.0 Å². The predicted octanol–water partition coefficient (Wildman–Crippen LogP) is 0.582. The summed E-state index contributed by atoms with van der Waals surface area (Å²) >= 11 is 0. The molecule has 2 rings (SSSR count). The summed E-state index contributed by atoms with van der Waals surface area (Å²) in [5, 5.41) is 8.73. The lowest BCUT2D eigenvalue weighted by Crippen LogP contribution is -2.11. The van der Waals surface area contributed by atoms with Gasteiger partial charge in [0.1, 0.15) is 12.0 Å². The number of ether oxygens (including phenoxy) is 2. The monoisotopic (exact) mass is 199 g/mol. The van der Waals surface area contributed by atoms with Gasteiger partial charge in [-0.05, 0) is 6.42 Å². The van der Waals surface area contributed by atoms with Crippen molar-refractivity contribution in [3.05, 3.63) is 12.0 Å². The molecule has 5 heteroatoms. The van der Waals surface area contributed by atoms with Crippen molar-refractivity contribution in [2.24, 2.45) is 5.92 Å². The lowest BCUT2D eigenvalue weighted by Gasteiger charge is -2.05. The van der Waals surface area contributed by atoms with Gasteiger partial charge in [-0.1, -0.05) is 0 Å². The quantitative estimate of drug-likeness (QED) is 0.768. The highest BCUT2D eigenvalue weighted by Crippen LogP contribution is 2.15. The van der Waals surface area contributed by atoms with Crippen LogP contribution in [0.5, 0.6) is 6.08 Å². The molecule has 0 spiro atoms. The summed E-state index contributed by atoms with van der Waals surface area (Å²) < 4.78 is 15.5. The molecule has 1 aromatic rings. The Morgan fingerprint density at radius 1 is 1.64 bits per heavy atom. The fourth-order valence-electron chi connectivity index (χ4n) is 1.33. The Hall–Kier alpha value is -1.07. The topological polar surface area (TPSA) is 64.7 Å². The van der Waals surface area contributed by atoms with Crippen LogP contribution in [-0.4, -0.2) is 29.9 Å². The van der Waals surface area contributed by atoms with Gasteiger partial charge in [-0.3, -0.25) is 0 Å². The first-order valence-electron chi connectivity index (χ1n) is 4.64. The van der Waals surface area contributed by atoms with Gasteiger partial charge in [-0.25, -0.2) is 0 Å². The number of nitrogens with zero attached hydrogens (tertiary/aromatic N) is 1. The minimum atomic E-state index is -0.126. The third-order valence-electron chi connectivity index (χ3n) is 2.16. The number of hydrogen-bond donors (Lipinski definition) is 1. The van der Waals surface area contributed by atoms with E-state index in [0.717, 1.165) is 19.6 Å². The van der Waals surface area contributed by atoms with Gasteiger partial charge in [0.25, 0.3) is 0 Å². The van der Waals surface area contributed by atoms with Crippen molar-refractivity contribution in [2.75, 3.05) is 19.8 Å². The van der Waals surface area contributed by atoms with E-state index in [4.69, 9.17) is 19.0 Å². The predicted molar refractivity (Wildman–Crippen MR) is 46.8 cm³/mol. The van der Waals surface area contributed by atoms with E-state index in [0.29, 0.717) is 18.2 Å². The van der Waals surface area contributed by atoms with Crippen LogP contribution < -0.4 is 4.74 Å². The molecule has 1 unspecified atom stereocenters. The molecule has 1 fully saturated rings. The third-order valence-corrected chi connectivity index (χ3v) is 2.16. The van der Waals surface area contributed by atoms with Gasteiger partial charge >= 0.3 is 6.08 Å². The maximum atomic E-state index is 8.73. The number of aliphatic hydroxyl groups is 1. The normalized spacial score (nSPS) is 21.4. The van der Waals surface area contributed by atoms with E-state index in [1.165, 1.54) is 6.26 Å². The van der Waals surface area contributed by atoms with Gasteiger partial charge in [0.2, 0.25) is 0 Å². The maximum Gasteiger partial charge on any atom is 0.393 e. The van der Waals surface area contributed by atoms with Crippen LogP contribution in [0.4, 0.5) is 0 Å². The van der Waals surface area contributed by atoms with E-state index in [9.17, 15) is 0 Å². The summed E-state index contributed by atoms with van der Waals surface area (Å²) in [5.74, 6) is 0.430. The average Bonchev–Trinajstić information content (AvgIpc) is 2.86. The molecular formula is C9H13NO4. The van der Waals surface area contributed by atoms with Gasteiger partial charge in [-0.15, -0.1) is 0 Å². The highest BCUT2D eigenvalue weighted by molar-refractivity contribution is 4.97. The summed E-state index contributed by atoms with van der Waals surface area (Å²) in [4.78, 5) is 3.91. The fraction of sp³-hybridized carbons (Fsp3) is 0.667. The van der Waals surface area contributed by atoms with Crippen LogP contribution in [-0.2, 0) is 11.3 Å². The molecule has 0 aliphatic carbocycles. The van der Waals surface area contributed by atoms with Crippen molar-refractivity contribution in [3.8, 4) is 6.08 Å². The number of rotatable bonds is 4. The summed E-state index contributed by atoms with van der Waals surface area (Å²) in [5.41, 5.74) is 0.489. The largest absolute Gasteiger partial charge is 0.450 e. The molecule has 0 saturated carbocycles. The van der Waals surface area contributed by atoms with Gasteiger partial charge in [-0.2, -0.15) is 4.98 Å². The second kappa shape index (κ2) is 4.43. The van der Waals surface area contributed by atoms with E-state index in [-0.39, 0.29) is 12.7 Å². The minimum Gasteiger partial charge on any atom is -0.450 e. The first-order valence-corrected chi connectivity index (χ1v) is 4.64. The SMILES string of the molecule is OCc1coc(OCC2CCOC2)n1. The summed E-state index contributed by atoms with van der Waals surface area (Å²) in [6.45, 7) is 1.99. The standard InChI is InChI=1S/C9H13NO4/c11-3-8-6-14-9(10-8)13-5-7-1-2-12-4-7/h6-7,11H,1-5H2. The lowest BCUT2D eigenvalue weighted by molar-refractivity contribution is 0.151. The van der Waals surface area contributed by atoms with E-state index >= 15 is 0 Å². The summed E-state index contributed by atoms with van der Waals surface area (Å²) in [7, 11) is 0. The molecule has 1 aromatic heterocycles. The lowest BCUT2D eigenvalue weighted by atomic mass is 10.1. The van der Waals surface area contributed by atoms with Gasteiger partial charge < -0.3 is 19.0 Å². The molecule has 78 valence electrons. The molecule has 1 aliphatic heterocycles. The first-order chi connectivity index (χ1) is 6.88. The zero-order chi connectivity index (χ0) is 9.80. The molecule has 1 atom stereocenters. The summed E-state index contributed by atoms with van der Waals surface area (Å²) in [6, 6.07) is 0. The third kappa shape index (κ3) is 2.24. The van der Waals surface area contributed by atoms with Crippen LogP contribution in [0, 0.1) is 5.92 Å². The molecular weight excluding hydrogens is 186 g/mol. The molecule has 5 nitrogen and oxygen atoms in total. The van der Waals surface area contributed by atoms with Crippen LogP contribution in [0.1, 0.15) is 12.1 Å². The van der Waals surface area contributed by atoms with Gasteiger partial charge in [0.15, 0.2) is 0 Å². The van der Waals surface area contributed by atoms with Crippen LogP contribution in [0.15, 0.2) is 10.7 Å². The van der Waals surface area contributed by atoms with E-state index in [1.807, 2.05) is 0 Å². The zero-order valence-corrected chi connectivity index (χ0v) is 7.81. The maximum absolute atomic E-state index is 8.73. The van der Waals surface area contributed by atoms with Crippen molar-refractivity contribution < 1.29 is 19.0 Å². The van der Waals surface area contributed by atoms with Crippen LogP contribution in [0.3, 0.4) is 0 Å². The molecule has 0 bridgehead atoms. The zero-order valence-electron chi connectivity index (χ0n) is 7.81. The number of aliphatic hydroxyl groups excluding tert-OH is 1. The number of aromatic nitrogens is 1. The van der Waals surface area contributed by atoms with Crippen LogP contribution in [0.2, 0.25) is 0 Å². The molecule has 0 radical (unpaired) electrons. The second-order valence-electron chi connectivity index (χ2n) is 3.30. The van der Waals surface area contributed by atoms with Gasteiger partial charge in [0.05, 0.1) is 19.8 Å². The molecule has 1 N–H and O–H groups in total. The Bertz CT molecular complexity index is 280. The molecule has 1 saturated heterocycles. The van der Waals surface area contributed by atoms with Crippen LogP contribution in [0.25, 0.3) is 0 Å². The molecule has 0 amide bonds. The highest BCUT2D eigenvalue weighted by atomic mass is 16.6. The average molecular weight is 199 g/mol. The molecule has 1 aliphatic rings. The van der Waals surface area contributed by atoms with Crippen molar-refractivity contribution in [3.63, 3.8) is 0 Å². The second-order valence-corrected chi connectivity index (χ2v) is 3.30. The minimum absolute atomic E-state index is 0.126. The highest BCUT2D eigenvalue weighted by Gasteiger charge is 2.17. The molecule has 14 heavy (non-hydrogen) atoms. The van der Waals surface area contributed by atoms with Crippen molar-refractivity contribution >= 4 is 0 Å². The number of oxazole rings is 1. The molecule has 0 aromatic carbocycles. The Morgan fingerprint density at radius 2 is 2.57 bits per heavy atom. The number of hydrogen-bond acceptors (Lipinski definition) is 5. The van der Waals surface area contributed by atoms with Crippen LogP contribution >= 0.6 is 0 Å². The van der Waals surface area contributed by atoms with E-state index in [2.05, 4.69) is 4.98 Å². The smallest absolute Gasteiger partial charge is 0.393 e. The summed E-state index contributed by atoms with van der Waals surface area (Å²) in [6.07, 6.45) is 2.63. The Balaban J connectivity index is 1.79.